The van der Waals surface area contributed by atoms with Gasteiger partial charge in [-0.25, -0.2) is 0 Å². The van der Waals surface area contributed by atoms with Crippen LogP contribution in [0, 0.1) is 0 Å². The SMILES string of the molecule is CCCCCCCCC1(CCCC)OCCCCO1. The highest BCUT2D eigenvalue weighted by Crippen LogP contribution is 2.30. The van der Waals surface area contributed by atoms with Crippen LogP contribution in [0.3, 0.4) is 0 Å². The topological polar surface area (TPSA) is 18.5 Å². The highest BCUT2D eigenvalue weighted by atomic mass is 16.7. The van der Waals surface area contributed by atoms with Crippen molar-refractivity contribution in [1.29, 1.82) is 0 Å². The molecule has 0 amide bonds. The summed E-state index contributed by atoms with van der Waals surface area (Å²) in [5.41, 5.74) is 0. The van der Waals surface area contributed by atoms with Gasteiger partial charge in [0, 0.05) is 12.8 Å². The van der Waals surface area contributed by atoms with Crippen molar-refractivity contribution < 1.29 is 9.47 Å². The molecule has 1 fully saturated rings. The van der Waals surface area contributed by atoms with Crippen LogP contribution < -0.4 is 0 Å². The van der Waals surface area contributed by atoms with Gasteiger partial charge in [-0.15, -0.1) is 0 Å². The van der Waals surface area contributed by atoms with Crippen LogP contribution in [-0.2, 0) is 9.47 Å². The second-order valence-electron chi connectivity index (χ2n) is 5.94. The molecule has 1 aliphatic heterocycles. The number of hydrogen-bond donors (Lipinski definition) is 0. The van der Waals surface area contributed by atoms with Crippen molar-refractivity contribution in [3.63, 3.8) is 0 Å². The van der Waals surface area contributed by atoms with Gasteiger partial charge in [-0.3, -0.25) is 0 Å². The first kappa shape index (κ1) is 17.0. The molecule has 0 aromatic rings. The summed E-state index contributed by atoms with van der Waals surface area (Å²) >= 11 is 0. The molecule has 19 heavy (non-hydrogen) atoms. The summed E-state index contributed by atoms with van der Waals surface area (Å²) < 4.78 is 12.2. The Hall–Kier alpha value is -0.0800. The number of rotatable bonds is 10. The van der Waals surface area contributed by atoms with E-state index in [-0.39, 0.29) is 5.79 Å². The Bertz CT molecular complexity index is 195. The highest BCUT2D eigenvalue weighted by molar-refractivity contribution is 4.72. The van der Waals surface area contributed by atoms with E-state index >= 15 is 0 Å². The van der Waals surface area contributed by atoms with E-state index in [1.165, 1.54) is 51.4 Å². The fourth-order valence-corrected chi connectivity index (χ4v) is 2.80. The standard InChI is InChI=1S/C17H34O2/c1-3-5-7-8-9-10-14-17(13-6-4-2)18-15-11-12-16-19-17/h3-16H2,1-2H3. The molecule has 0 spiro atoms. The van der Waals surface area contributed by atoms with Crippen LogP contribution in [0.2, 0.25) is 0 Å². The molecule has 1 aliphatic rings. The van der Waals surface area contributed by atoms with E-state index in [9.17, 15) is 0 Å². The van der Waals surface area contributed by atoms with Gasteiger partial charge in [0.1, 0.15) is 0 Å². The quantitative estimate of drug-likeness (QED) is 0.491. The molecule has 1 heterocycles. The minimum atomic E-state index is -0.239. The van der Waals surface area contributed by atoms with Gasteiger partial charge in [-0.1, -0.05) is 52.4 Å². The fraction of sp³-hybridized carbons (Fsp3) is 1.00. The molecular formula is C17H34O2. The third-order valence-corrected chi connectivity index (χ3v) is 4.09. The maximum absolute atomic E-state index is 6.10. The lowest BCUT2D eigenvalue weighted by Gasteiger charge is -2.32. The molecular weight excluding hydrogens is 236 g/mol. The molecule has 2 nitrogen and oxygen atoms in total. The largest absolute Gasteiger partial charge is 0.350 e. The second kappa shape index (κ2) is 10.7. The number of hydrogen-bond acceptors (Lipinski definition) is 2. The molecule has 0 atom stereocenters. The first-order valence-electron chi connectivity index (χ1n) is 8.61. The van der Waals surface area contributed by atoms with Crippen molar-refractivity contribution in [2.45, 2.75) is 96.7 Å². The van der Waals surface area contributed by atoms with Gasteiger partial charge in [0.15, 0.2) is 5.79 Å². The van der Waals surface area contributed by atoms with Crippen LogP contribution in [0.1, 0.15) is 90.9 Å². The molecule has 0 aromatic heterocycles. The zero-order valence-electron chi connectivity index (χ0n) is 13.2. The Morgan fingerprint density at radius 2 is 1.21 bits per heavy atom. The first-order chi connectivity index (χ1) is 9.33. The third kappa shape index (κ3) is 7.31. The molecule has 2 heteroatoms. The highest BCUT2D eigenvalue weighted by Gasteiger charge is 2.32. The molecule has 0 N–H and O–H groups in total. The summed E-state index contributed by atoms with van der Waals surface area (Å²) in [6, 6.07) is 0. The van der Waals surface area contributed by atoms with Crippen LogP contribution in [0.25, 0.3) is 0 Å². The van der Waals surface area contributed by atoms with Crippen LogP contribution in [-0.4, -0.2) is 19.0 Å². The summed E-state index contributed by atoms with van der Waals surface area (Å²) in [5, 5.41) is 0. The fourth-order valence-electron chi connectivity index (χ4n) is 2.80. The van der Waals surface area contributed by atoms with E-state index in [2.05, 4.69) is 13.8 Å². The maximum Gasteiger partial charge on any atom is 0.168 e. The predicted octanol–water partition coefficient (Wildman–Crippen LogP) is 5.45. The van der Waals surface area contributed by atoms with Crippen molar-refractivity contribution in [3.8, 4) is 0 Å². The van der Waals surface area contributed by atoms with E-state index in [1.807, 2.05) is 0 Å². The Morgan fingerprint density at radius 3 is 1.84 bits per heavy atom. The van der Waals surface area contributed by atoms with Crippen LogP contribution in [0.15, 0.2) is 0 Å². The average molecular weight is 270 g/mol. The Morgan fingerprint density at radius 1 is 0.684 bits per heavy atom. The van der Waals surface area contributed by atoms with Crippen molar-refractivity contribution in [3.05, 3.63) is 0 Å². The van der Waals surface area contributed by atoms with Crippen molar-refractivity contribution in [2.75, 3.05) is 13.2 Å². The Balaban J connectivity index is 2.27. The molecule has 0 aromatic carbocycles. The lowest BCUT2D eigenvalue weighted by molar-refractivity contribution is -0.234. The second-order valence-corrected chi connectivity index (χ2v) is 5.94. The van der Waals surface area contributed by atoms with Gasteiger partial charge in [-0.2, -0.15) is 0 Å². The molecule has 0 unspecified atom stereocenters. The smallest absolute Gasteiger partial charge is 0.168 e. The summed E-state index contributed by atoms with van der Waals surface area (Å²) in [6.45, 7) is 6.29. The monoisotopic (exact) mass is 270 g/mol. The average Bonchev–Trinajstić information content (AvgIpc) is 2.67. The number of ether oxygens (including phenoxy) is 2. The molecule has 1 rings (SSSR count). The van der Waals surface area contributed by atoms with Crippen LogP contribution in [0.4, 0.5) is 0 Å². The number of unbranched alkanes of at least 4 members (excludes halogenated alkanes) is 6. The zero-order valence-corrected chi connectivity index (χ0v) is 13.2. The first-order valence-corrected chi connectivity index (χ1v) is 8.61. The minimum Gasteiger partial charge on any atom is -0.350 e. The molecule has 0 saturated carbocycles. The van der Waals surface area contributed by atoms with Crippen molar-refractivity contribution in [1.82, 2.24) is 0 Å². The van der Waals surface area contributed by atoms with Crippen LogP contribution >= 0.6 is 0 Å². The molecule has 0 aliphatic carbocycles. The van der Waals surface area contributed by atoms with Crippen molar-refractivity contribution in [2.24, 2.45) is 0 Å². The van der Waals surface area contributed by atoms with Gasteiger partial charge in [0.25, 0.3) is 0 Å². The minimum absolute atomic E-state index is 0.239. The third-order valence-electron chi connectivity index (χ3n) is 4.09. The van der Waals surface area contributed by atoms with Crippen molar-refractivity contribution >= 4 is 0 Å². The lowest BCUT2D eigenvalue weighted by atomic mass is 10.00. The normalized spacial score (nSPS) is 19.3. The summed E-state index contributed by atoms with van der Waals surface area (Å²) in [5.74, 6) is -0.239. The van der Waals surface area contributed by atoms with E-state index in [4.69, 9.17) is 9.47 Å². The van der Waals surface area contributed by atoms with Gasteiger partial charge >= 0.3 is 0 Å². The Labute approximate surface area is 120 Å². The van der Waals surface area contributed by atoms with Gasteiger partial charge in [-0.05, 0) is 25.7 Å². The van der Waals surface area contributed by atoms with Crippen LogP contribution in [0.5, 0.6) is 0 Å². The Kier molecular flexibility index (Phi) is 9.54. The predicted molar refractivity (Wildman–Crippen MR) is 81.4 cm³/mol. The molecule has 114 valence electrons. The summed E-state index contributed by atoms with van der Waals surface area (Å²) in [4.78, 5) is 0. The molecule has 0 radical (unpaired) electrons. The zero-order chi connectivity index (χ0) is 13.8. The van der Waals surface area contributed by atoms with E-state index in [0.29, 0.717) is 0 Å². The van der Waals surface area contributed by atoms with Gasteiger partial charge < -0.3 is 9.47 Å². The van der Waals surface area contributed by atoms with E-state index < -0.39 is 0 Å². The summed E-state index contributed by atoms with van der Waals surface area (Å²) in [6.07, 6.45) is 15.0. The van der Waals surface area contributed by atoms with E-state index in [0.717, 1.165) is 38.9 Å². The van der Waals surface area contributed by atoms with Gasteiger partial charge in [0.2, 0.25) is 0 Å². The molecule has 0 bridgehead atoms. The molecule has 1 saturated heterocycles. The summed E-state index contributed by atoms with van der Waals surface area (Å²) in [7, 11) is 0. The maximum atomic E-state index is 6.10. The van der Waals surface area contributed by atoms with E-state index in [1.54, 1.807) is 0 Å². The lowest BCUT2D eigenvalue weighted by Crippen LogP contribution is -2.35. The van der Waals surface area contributed by atoms with Gasteiger partial charge in [0.05, 0.1) is 13.2 Å².